The minimum atomic E-state index is -0.948. The summed E-state index contributed by atoms with van der Waals surface area (Å²) in [4.78, 5) is 33.8. The molecule has 3 aromatic rings. The van der Waals surface area contributed by atoms with Crippen molar-refractivity contribution in [2.45, 2.75) is 12.1 Å². The second kappa shape index (κ2) is 7.34. The minimum absolute atomic E-state index is 0.333. The van der Waals surface area contributed by atoms with Gasteiger partial charge in [0, 0.05) is 4.47 Å². The van der Waals surface area contributed by atoms with Crippen LogP contribution in [-0.2, 0) is 14.4 Å². The molecule has 5 rings (SSSR count). The lowest BCUT2D eigenvalue weighted by molar-refractivity contribution is -0.126. The number of rotatable bonds is 3. The molecule has 3 unspecified atom stereocenters. The first kappa shape index (κ1) is 19.0. The molecule has 0 saturated carbocycles. The maximum absolute atomic E-state index is 13.5. The van der Waals surface area contributed by atoms with Crippen molar-refractivity contribution >= 4 is 39.1 Å². The zero-order chi connectivity index (χ0) is 20.8. The second-order valence-corrected chi connectivity index (χ2v) is 8.11. The average Bonchev–Trinajstić information content (AvgIpc) is 3.27. The van der Waals surface area contributed by atoms with E-state index in [-0.39, 0.29) is 11.7 Å². The molecule has 2 fully saturated rings. The van der Waals surface area contributed by atoms with Crippen molar-refractivity contribution in [1.29, 1.82) is 0 Å². The number of para-hydroxylation sites is 1. The van der Waals surface area contributed by atoms with E-state index in [4.69, 9.17) is 4.84 Å². The topological polar surface area (TPSA) is 49.9 Å². The third-order valence-corrected chi connectivity index (χ3v) is 5.95. The largest absolute Gasteiger partial charge is 0.273 e. The summed E-state index contributed by atoms with van der Waals surface area (Å²) in [5, 5.41) is 1.59. The average molecular weight is 467 g/mol. The van der Waals surface area contributed by atoms with E-state index in [1.807, 2.05) is 30.3 Å². The Morgan fingerprint density at radius 3 is 2.13 bits per heavy atom. The standard InChI is InChI=1S/C23H16BrFN2O3/c24-15-8-12-17(13-9-15)26-22(28)19-20(14-6-10-16(25)11-7-14)27(30-21(19)23(26)29)18-4-2-1-3-5-18/h1-13,19-21H. The van der Waals surface area contributed by atoms with Gasteiger partial charge in [-0.15, -0.1) is 0 Å². The van der Waals surface area contributed by atoms with E-state index >= 15 is 0 Å². The highest BCUT2D eigenvalue weighted by Crippen LogP contribution is 2.47. The summed E-state index contributed by atoms with van der Waals surface area (Å²) in [7, 11) is 0. The number of carbonyl (C=O) groups is 2. The van der Waals surface area contributed by atoms with Crippen LogP contribution in [0.2, 0.25) is 0 Å². The summed E-state index contributed by atoms with van der Waals surface area (Å²) < 4.78 is 14.4. The summed E-state index contributed by atoms with van der Waals surface area (Å²) >= 11 is 3.36. The van der Waals surface area contributed by atoms with Crippen LogP contribution in [0.3, 0.4) is 0 Å². The molecule has 0 radical (unpaired) electrons. The van der Waals surface area contributed by atoms with E-state index in [0.717, 1.165) is 10.2 Å². The Hall–Kier alpha value is -3.03. The molecule has 0 spiro atoms. The Morgan fingerprint density at radius 1 is 0.800 bits per heavy atom. The summed E-state index contributed by atoms with van der Waals surface area (Å²) in [5.41, 5.74) is 1.92. The van der Waals surface area contributed by atoms with Gasteiger partial charge in [0.1, 0.15) is 11.7 Å². The van der Waals surface area contributed by atoms with Gasteiger partial charge in [-0.1, -0.05) is 46.3 Å². The number of anilines is 2. The molecule has 2 amide bonds. The molecule has 0 bridgehead atoms. The Labute approximate surface area is 180 Å². The van der Waals surface area contributed by atoms with Crippen molar-refractivity contribution in [3.63, 3.8) is 0 Å². The van der Waals surface area contributed by atoms with Gasteiger partial charge in [-0.05, 0) is 54.1 Å². The molecule has 7 heteroatoms. The van der Waals surface area contributed by atoms with Crippen molar-refractivity contribution in [2.24, 2.45) is 5.92 Å². The summed E-state index contributed by atoms with van der Waals surface area (Å²) in [6.07, 6.45) is -0.948. The van der Waals surface area contributed by atoms with Crippen LogP contribution in [0, 0.1) is 11.7 Å². The lowest BCUT2D eigenvalue weighted by Gasteiger charge is -2.28. The smallest absolute Gasteiger partial charge is 0.266 e. The zero-order valence-corrected chi connectivity index (χ0v) is 17.2. The SMILES string of the molecule is O=C1C2ON(c3ccccc3)C(c3ccc(F)cc3)C2C(=O)N1c1ccc(Br)cc1. The van der Waals surface area contributed by atoms with E-state index < -0.39 is 24.0 Å². The van der Waals surface area contributed by atoms with Gasteiger partial charge >= 0.3 is 0 Å². The van der Waals surface area contributed by atoms with Gasteiger partial charge in [0.25, 0.3) is 5.91 Å². The zero-order valence-electron chi connectivity index (χ0n) is 15.6. The van der Waals surface area contributed by atoms with Crippen molar-refractivity contribution in [1.82, 2.24) is 0 Å². The molecule has 3 aromatic carbocycles. The molecule has 0 N–H and O–H groups in total. The Bertz CT molecular complexity index is 1110. The van der Waals surface area contributed by atoms with Crippen molar-refractivity contribution in [3.8, 4) is 0 Å². The van der Waals surface area contributed by atoms with E-state index in [0.29, 0.717) is 11.3 Å². The first-order chi connectivity index (χ1) is 14.5. The minimum Gasteiger partial charge on any atom is -0.273 e. The van der Waals surface area contributed by atoms with Crippen LogP contribution < -0.4 is 9.96 Å². The highest BCUT2D eigenvalue weighted by atomic mass is 79.9. The van der Waals surface area contributed by atoms with Gasteiger partial charge in [-0.3, -0.25) is 14.4 Å². The molecule has 2 aliphatic rings. The Morgan fingerprint density at radius 2 is 1.47 bits per heavy atom. The fourth-order valence-corrected chi connectivity index (χ4v) is 4.32. The van der Waals surface area contributed by atoms with E-state index in [1.165, 1.54) is 17.0 Å². The van der Waals surface area contributed by atoms with E-state index in [9.17, 15) is 14.0 Å². The first-order valence-electron chi connectivity index (χ1n) is 9.44. The molecule has 2 aliphatic heterocycles. The van der Waals surface area contributed by atoms with Crippen molar-refractivity contribution in [3.05, 3.63) is 94.7 Å². The molecule has 3 atom stereocenters. The molecule has 5 nitrogen and oxygen atoms in total. The monoisotopic (exact) mass is 466 g/mol. The maximum Gasteiger partial charge on any atom is 0.266 e. The first-order valence-corrected chi connectivity index (χ1v) is 10.2. The molecule has 150 valence electrons. The van der Waals surface area contributed by atoms with Crippen LogP contribution in [0.15, 0.2) is 83.3 Å². The maximum atomic E-state index is 13.5. The summed E-state index contributed by atoms with van der Waals surface area (Å²) in [5.74, 6) is -1.85. The second-order valence-electron chi connectivity index (χ2n) is 7.20. The van der Waals surface area contributed by atoms with Gasteiger partial charge in [-0.2, -0.15) is 0 Å². The molecular weight excluding hydrogens is 451 g/mol. The number of benzene rings is 3. The lowest BCUT2D eigenvalue weighted by atomic mass is 9.90. The number of halogens is 2. The van der Waals surface area contributed by atoms with Gasteiger partial charge in [0.2, 0.25) is 5.91 Å². The number of hydrogen-bond acceptors (Lipinski definition) is 4. The Kier molecular flexibility index (Phi) is 4.64. The molecular formula is C23H16BrFN2O3. The quantitative estimate of drug-likeness (QED) is 0.527. The fourth-order valence-electron chi connectivity index (χ4n) is 4.06. The lowest BCUT2D eigenvalue weighted by Crippen LogP contribution is -2.37. The van der Waals surface area contributed by atoms with Crippen LogP contribution >= 0.6 is 15.9 Å². The fraction of sp³-hybridized carbons (Fsp3) is 0.130. The van der Waals surface area contributed by atoms with E-state index in [1.54, 1.807) is 41.5 Å². The van der Waals surface area contributed by atoms with Gasteiger partial charge in [-0.25, -0.2) is 14.4 Å². The third-order valence-electron chi connectivity index (χ3n) is 5.42. The van der Waals surface area contributed by atoms with E-state index in [2.05, 4.69) is 15.9 Å². The number of carbonyl (C=O) groups excluding carboxylic acids is 2. The molecule has 0 aromatic heterocycles. The summed E-state index contributed by atoms with van der Waals surface area (Å²) in [6, 6.07) is 21.6. The number of fused-ring (bicyclic) bond motifs is 1. The number of hydroxylamine groups is 1. The molecule has 0 aliphatic carbocycles. The number of hydrogen-bond donors (Lipinski definition) is 0. The van der Waals surface area contributed by atoms with Crippen molar-refractivity contribution < 1.29 is 18.8 Å². The number of nitrogens with zero attached hydrogens (tertiary/aromatic N) is 2. The van der Waals surface area contributed by atoms with Gasteiger partial charge in [0.05, 0.1) is 17.4 Å². The van der Waals surface area contributed by atoms with Crippen molar-refractivity contribution in [2.75, 3.05) is 9.96 Å². The highest BCUT2D eigenvalue weighted by molar-refractivity contribution is 9.10. The van der Waals surface area contributed by atoms with Crippen LogP contribution in [0.5, 0.6) is 0 Å². The normalized spacial score (nSPS) is 23.2. The Balaban J connectivity index is 1.58. The molecule has 30 heavy (non-hydrogen) atoms. The van der Waals surface area contributed by atoms with Gasteiger partial charge < -0.3 is 0 Å². The number of imide groups is 1. The van der Waals surface area contributed by atoms with Crippen LogP contribution in [0.1, 0.15) is 11.6 Å². The number of amides is 2. The molecule has 2 saturated heterocycles. The van der Waals surface area contributed by atoms with Gasteiger partial charge in [0.15, 0.2) is 6.10 Å². The predicted octanol–water partition coefficient (Wildman–Crippen LogP) is 4.64. The summed E-state index contributed by atoms with van der Waals surface area (Å²) in [6.45, 7) is 0. The van der Waals surface area contributed by atoms with Crippen LogP contribution in [0.4, 0.5) is 15.8 Å². The predicted molar refractivity (Wildman–Crippen MR) is 113 cm³/mol. The third kappa shape index (κ3) is 3.02. The van der Waals surface area contributed by atoms with Crippen LogP contribution in [-0.4, -0.2) is 17.9 Å². The van der Waals surface area contributed by atoms with Crippen LogP contribution in [0.25, 0.3) is 0 Å². The highest BCUT2D eigenvalue weighted by Gasteiger charge is 2.60. The molecule has 2 heterocycles.